The predicted octanol–water partition coefficient (Wildman–Crippen LogP) is 2.06. The summed E-state index contributed by atoms with van der Waals surface area (Å²) in [6.45, 7) is 1.94. The van der Waals surface area contributed by atoms with Crippen molar-refractivity contribution in [1.82, 2.24) is 5.32 Å². The van der Waals surface area contributed by atoms with Gasteiger partial charge >= 0.3 is 0 Å². The summed E-state index contributed by atoms with van der Waals surface area (Å²) >= 11 is 0. The minimum Gasteiger partial charge on any atom is -0.507 e. The Morgan fingerprint density at radius 1 is 1.65 bits per heavy atom. The number of carbonyl (C=O) groups is 1. The summed E-state index contributed by atoms with van der Waals surface area (Å²) in [6.07, 6.45) is 6.71. The standard InChI is InChI=1S/C13H14FNO2/c1-3-5-10(4-2)15-13(17)11-8-9(14)6-7-12(11)16/h2,6-8,10,16H,3,5H2,1H3,(H,15,17). The van der Waals surface area contributed by atoms with E-state index in [-0.39, 0.29) is 11.3 Å². The third-order valence-corrected chi connectivity index (χ3v) is 2.29. The van der Waals surface area contributed by atoms with E-state index >= 15 is 0 Å². The van der Waals surface area contributed by atoms with Crippen molar-refractivity contribution in [2.45, 2.75) is 25.8 Å². The fraction of sp³-hybridized carbons (Fsp3) is 0.308. The Bertz CT molecular complexity index is 451. The van der Waals surface area contributed by atoms with Crippen LogP contribution in [-0.2, 0) is 0 Å². The van der Waals surface area contributed by atoms with Crippen LogP contribution in [0.3, 0.4) is 0 Å². The van der Waals surface area contributed by atoms with Gasteiger partial charge in [0.2, 0.25) is 0 Å². The van der Waals surface area contributed by atoms with Gasteiger partial charge in [0.25, 0.3) is 5.91 Å². The lowest BCUT2D eigenvalue weighted by Gasteiger charge is -2.12. The number of phenols is 1. The number of hydrogen-bond donors (Lipinski definition) is 2. The number of benzene rings is 1. The summed E-state index contributed by atoms with van der Waals surface area (Å²) < 4.78 is 12.9. The van der Waals surface area contributed by atoms with E-state index in [1.165, 1.54) is 0 Å². The van der Waals surface area contributed by atoms with Crippen molar-refractivity contribution in [1.29, 1.82) is 0 Å². The smallest absolute Gasteiger partial charge is 0.256 e. The predicted molar refractivity (Wildman–Crippen MR) is 63.1 cm³/mol. The molecule has 0 aromatic heterocycles. The highest BCUT2D eigenvalue weighted by Gasteiger charge is 2.15. The molecule has 0 aliphatic rings. The second kappa shape index (κ2) is 5.90. The molecule has 4 heteroatoms. The number of nitrogens with one attached hydrogen (secondary N) is 1. The van der Waals surface area contributed by atoms with Gasteiger partial charge in [-0.25, -0.2) is 4.39 Å². The lowest BCUT2D eigenvalue weighted by molar-refractivity contribution is 0.0941. The fourth-order valence-electron chi connectivity index (χ4n) is 1.41. The maximum Gasteiger partial charge on any atom is 0.256 e. The van der Waals surface area contributed by atoms with Crippen molar-refractivity contribution < 1.29 is 14.3 Å². The van der Waals surface area contributed by atoms with Crippen molar-refractivity contribution in [3.05, 3.63) is 29.6 Å². The molecule has 0 fully saturated rings. The van der Waals surface area contributed by atoms with Crippen LogP contribution in [0.25, 0.3) is 0 Å². The van der Waals surface area contributed by atoms with E-state index in [4.69, 9.17) is 6.42 Å². The summed E-state index contributed by atoms with van der Waals surface area (Å²) in [7, 11) is 0. The van der Waals surface area contributed by atoms with Crippen molar-refractivity contribution in [2.24, 2.45) is 0 Å². The fourth-order valence-corrected chi connectivity index (χ4v) is 1.41. The van der Waals surface area contributed by atoms with Gasteiger partial charge in [0.05, 0.1) is 11.6 Å². The first-order valence-corrected chi connectivity index (χ1v) is 5.34. The van der Waals surface area contributed by atoms with Crippen LogP contribution in [0, 0.1) is 18.2 Å². The Hall–Kier alpha value is -2.02. The molecule has 1 aromatic carbocycles. The molecule has 2 N–H and O–H groups in total. The number of phenolic OH excluding ortho intramolecular Hbond substituents is 1. The van der Waals surface area contributed by atoms with E-state index in [0.29, 0.717) is 6.42 Å². The Kier molecular flexibility index (Phi) is 4.53. The van der Waals surface area contributed by atoms with E-state index in [2.05, 4.69) is 11.2 Å². The Labute approximate surface area is 99.7 Å². The molecule has 0 bridgehead atoms. The number of amides is 1. The summed E-state index contributed by atoms with van der Waals surface area (Å²) in [4.78, 5) is 11.7. The topological polar surface area (TPSA) is 49.3 Å². The molecule has 0 spiro atoms. The molecule has 1 amide bonds. The average Bonchev–Trinajstić information content (AvgIpc) is 2.31. The molecule has 1 unspecified atom stereocenters. The Balaban J connectivity index is 2.83. The zero-order valence-electron chi connectivity index (χ0n) is 9.53. The summed E-state index contributed by atoms with van der Waals surface area (Å²) in [6, 6.07) is 2.78. The van der Waals surface area contributed by atoms with Gasteiger partial charge in [-0.05, 0) is 24.6 Å². The van der Waals surface area contributed by atoms with Crippen molar-refractivity contribution in [3.8, 4) is 18.1 Å². The Morgan fingerprint density at radius 2 is 2.35 bits per heavy atom. The van der Waals surface area contributed by atoms with Crippen LogP contribution in [0.2, 0.25) is 0 Å². The molecule has 0 saturated carbocycles. The van der Waals surface area contributed by atoms with Crippen LogP contribution in [-0.4, -0.2) is 17.1 Å². The molecule has 1 aromatic rings. The molecule has 0 aliphatic carbocycles. The normalized spacial score (nSPS) is 11.6. The van der Waals surface area contributed by atoms with E-state index in [9.17, 15) is 14.3 Å². The number of rotatable bonds is 4. The van der Waals surface area contributed by atoms with Crippen LogP contribution in [0.5, 0.6) is 5.75 Å². The quantitative estimate of drug-likeness (QED) is 0.785. The Morgan fingerprint density at radius 3 is 2.94 bits per heavy atom. The van der Waals surface area contributed by atoms with E-state index < -0.39 is 17.8 Å². The summed E-state index contributed by atoms with van der Waals surface area (Å²) in [5.74, 6) is 1.01. The third kappa shape index (κ3) is 3.49. The minimum absolute atomic E-state index is 0.110. The maximum absolute atomic E-state index is 12.9. The molecule has 1 atom stereocenters. The molecule has 0 radical (unpaired) electrons. The third-order valence-electron chi connectivity index (χ3n) is 2.29. The van der Waals surface area contributed by atoms with Crippen molar-refractivity contribution in [3.63, 3.8) is 0 Å². The number of hydrogen-bond acceptors (Lipinski definition) is 2. The molecule has 1 rings (SSSR count). The van der Waals surface area contributed by atoms with E-state index in [1.807, 2.05) is 6.92 Å². The average molecular weight is 235 g/mol. The first-order valence-electron chi connectivity index (χ1n) is 5.34. The largest absolute Gasteiger partial charge is 0.507 e. The van der Waals surface area contributed by atoms with Gasteiger partial charge in [-0.2, -0.15) is 0 Å². The van der Waals surface area contributed by atoms with Gasteiger partial charge in [0.1, 0.15) is 11.6 Å². The molecule has 0 heterocycles. The summed E-state index contributed by atoms with van der Waals surface area (Å²) in [5.41, 5.74) is -0.110. The highest BCUT2D eigenvalue weighted by Crippen LogP contribution is 2.17. The lowest BCUT2D eigenvalue weighted by atomic mass is 10.1. The lowest BCUT2D eigenvalue weighted by Crippen LogP contribution is -2.33. The SMILES string of the molecule is C#CC(CCC)NC(=O)c1cc(F)ccc1O. The number of aromatic hydroxyl groups is 1. The van der Waals surface area contributed by atoms with Crippen LogP contribution < -0.4 is 5.32 Å². The van der Waals surface area contributed by atoms with Gasteiger partial charge in [0.15, 0.2) is 0 Å². The first-order chi connectivity index (χ1) is 8.08. The second-order valence-corrected chi connectivity index (χ2v) is 3.64. The molecular formula is C13H14FNO2. The van der Waals surface area contributed by atoms with Crippen molar-refractivity contribution in [2.75, 3.05) is 0 Å². The molecule has 0 aliphatic heterocycles. The number of halogens is 1. The van der Waals surface area contributed by atoms with Crippen LogP contribution >= 0.6 is 0 Å². The first kappa shape index (κ1) is 13.0. The van der Waals surface area contributed by atoms with Gasteiger partial charge in [0, 0.05) is 0 Å². The molecule has 90 valence electrons. The van der Waals surface area contributed by atoms with Crippen LogP contribution in [0.1, 0.15) is 30.1 Å². The molecule has 3 nitrogen and oxygen atoms in total. The highest BCUT2D eigenvalue weighted by molar-refractivity contribution is 5.97. The maximum atomic E-state index is 12.9. The van der Waals surface area contributed by atoms with Gasteiger partial charge in [-0.3, -0.25) is 4.79 Å². The van der Waals surface area contributed by atoms with E-state index in [1.54, 1.807) is 0 Å². The van der Waals surface area contributed by atoms with Crippen LogP contribution in [0.15, 0.2) is 18.2 Å². The number of carbonyl (C=O) groups excluding carboxylic acids is 1. The minimum atomic E-state index is -0.583. The monoisotopic (exact) mass is 235 g/mol. The summed E-state index contributed by atoms with van der Waals surface area (Å²) in [5, 5.41) is 12.0. The molecule has 0 saturated heterocycles. The zero-order valence-corrected chi connectivity index (χ0v) is 9.53. The van der Waals surface area contributed by atoms with Gasteiger partial charge in [-0.1, -0.05) is 19.3 Å². The van der Waals surface area contributed by atoms with Gasteiger partial charge in [-0.15, -0.1) is 6.42 Å². The second-order valence-electron chi connectivity index (χ2n) is 3.64. The van der Waals surface area contributed by atoms with Gasteiger partial charge < -0.3 is 10.4 Å². The molecule has 17 heavy (non-hydrogen) atoms. The van der Waals surface area contributed by atoms with E-state index in [0.717, 1.165) is 24.6 Å². The number of terminal acetylenes is 1. The highest BCUT2D eigenvalue weighted by atomic mass is 19.1. The zero-order chi connectivity index (χ0) is 12.8. The van der Waals surface area contributed by atoms with Crippen LogP contribution in [0.4, 0.5) is 4.39 Å². The van der Waals surface area contributed by atoms with Crippen molar-refractivity contribution >= 4 is 5.91 Å². The molecular weight excluding hydrogens is 221 g/mol.